The zero-order valence-corrected chi connectivity index (χ0v) is 13.9. The number of aliphatic carboxylic acids is 1. The molecule has 1 aliphatic carbocycles. The number of hydrogen-bond donors (Lipinski definition) is 0. The number of fused-ring (bicyclic) bond motifs is 3. The summed E-state index contributed by atoms with van der Waals surface area (Å²) in [5, 5.41) is 11.1. The van der Waals surface area contributed by atoms with Crippen molar-refractivity contribution in [2.75, 3.05) is 6.61 Å². The Labute approximate surface area is 150 Å². The maximum atomic E-state index is 12.3. The van der Waals surface area contributed by atoms with E-state index in [4.69, 9.17) is 4.74 Å². The molecular weight excluding hydrogens is 334 g/mol. The van der Waals surface area contributed by atoms with Crippen molar-refractivity contribution in [3.63, 3.8) is 0 Å². The fourth-order valence-electron chi connectivity index (χ4n) is 3.80. The first-order chi connectivity index (χ1) is 12.6. The van der Waals surface area contributed by atoms with Gasteiger partial charge >= 0.3 is 6.09 Å². The molecule has 1 atom stereocenters. The van der Waals surface area contributed by atoms with Gasteiger partial charge in [0.25, 0.3) is 0 Å². The molecule has 132 valence electrons. The van der Waals surface area contributed by atoms with Gasteiger partial charge in [-0.15, -0.1) is 0 Å². The first-order valence-corrected chi connectivity index (χ1v) is 8.46. The lowest BCUT2D eigenvalue weighted by atomic mass is 9.98. The molecule has 0 radical (unpaired) electrons. The average Bonchev–Trinajstić information content (AvgIpc) is 3.18. The molecule has 0 spiro atoms. The van der Waals surface area contributed by atoms with Crippen LogP contribution in [0.5, 0.6) is 0 Å². The summed E-state index contributed by atoms with van der Waals surface area (Å²) in [6, 6.07) is 14.5. The summed E-state index contributed by atoms with van der Waals surface area (Å²) in [6.07, 6.45) is -0.864. The van der Waals surface area contributed by atoms with Crippen molar-refractivity contribution >= 4 is 18.0 Å². The predicted octanol–water partition coefficient (Wildman–Crippen LogP) is 1.68. The second kappa shape index (κ2) is 6.29. The summed E-state index contributed by atoms with van der Waals surface area (Å²) in [6.45, 7) is 0.0381. The lowest BCUT2D eigenvalue weighted by Gasteiger charge is -2.24. The molecule has 2 aromatic rings. The Morgan fingerprint density at radius 1 is 1.04 bits per heavy atom. The van der Waals surface area contributed by atoms with Crippen LogP contribution in [0.1, 0.15) is 29.9 Å². The molecule has 1 unspecified atom stereocenters. The number of likely N-dealkylation sites (tertiary alicyclic amines) is 1. The van der Waals surface area contributed by atoms with Gasteiger partial charge in [-0.05, 0) is 28.7 Å². The van der Waals surface area contributed by atoms with Gasteiger partial charge in [0.05, 0.1) is 12.0 Å². The number of rotatable bonds is 3. The SMILES string of the molecule is O=C([O-])C1CCC(=O)N1C(=O)OCC1c2ccccc2-c2ccccc21. The molecule has 1 saturated heterocycles. The molecule has 2 aromatic carbocycles. The van der Waals surface area contributed by atoms with Gasteiger partial charge in [0, 0.05) is 12.3 Å². The quantitative estimate of drug-likeness (QED) is 0.840. The van der Waals surface area contributed by atoms with Crippen LogP contribution >= 0.6 is 0 Å². The number of imide groups is 1. The summed E-state index contributed by atoms with van der Waals surface area (Å²) < 4.78 is 5.35. The van der Waals surface area contributed by atoms with Gasteiger partial charge in [-0.2, -0.15) is 0 Å². The largest absolute Gasteiger partial charge is 0.548 e. The van der Waals surface area contributed by atoms with Crippen LogP contribution in [0.4, 0.5) is 4.79 Å². The van der Waals surface area contributed by atoms with E-state index in [-0.39, 0.29) is 25.4 Å². The highest BCUT2D eigenvalue weighted by molar-refractivity contribution is 5.98. The van der Waals surface area contributed by atoms with Crippen molar-refractivity contribution in [3.8, 4) is 11.1 Å². The summed E-state index contributed by atoms with van der Waals surface area (Å²) in [4.78, 5) is 36.0. The highest BCUT2D eigenvalue weighted by Gasteiger charge is 2.38. The van der Waals surface area contributed by atoms with Crippen molar-refractivity contribution in [1.82, 2.24) is 4.90 Å². The minimum absolute atomic E-state index is 0.00282. The Balaban J connectivity index is 1.56. The van der Waals surface area contributed by atoms with Crippen LogP contribution in [0.25, 0.3) is 11.1 Å². The van der Waals surface area contributed by atoms with E-state index >= 15 is 0 Å². The van der Waals surface area contributed by atoms with E-state index in [2.05, 4.69) is 0 Å². The minimum Gasteiger partial charge on any atom is -0.548 e. The number of ether oxygens (including phenoxy) is 1. The molecule has 1 aliphatic heterocycles. The van der Waals surface area contributed by atoms with Crippen molar-refractivity contribution < 1.29 is 24.2 Å². The molecule has 2 aliphatic rings. The maximum absolute atomic E-state index is 12.3. The Kier molecular flexibility index (Phi) is 3.95. The van der Waals surface area contributed by atoms with Gasteiger partial charge in [0.2, 0.25) is 5.91 Å². The van der Waals surface area contributed by atoms with Crippen LogP contribution in [0.3, 0.4) is 0 Å². The summed E-state index contributed by atoms with van der Waals surface area (Å²) in [5.74, 6) is -2.13. The Morgan fingerprint density at radius 2 is 1.62 bits per heavy atom. The van der Waals surface area contributed by atoms with Crippen molar-refractivity contribution in [3.05, 3.63) is 59.7 Å². The first-order valence-electron chi connectivity index (χ1n) is 8.46. The third kappa shape index (κ3) is 2.54. The highest BCUT2D eigenvalue weighted by Crippen LogP contribution is 2.44. The van der Waals surface area contributed by atoms with Gasteiger partial charge in [-0.25, -0.2) is 9.69 Å². The predicted molar refractivity (Wildman–Crippen MR) is 89.9 cm³/mol. The number of benzene rings is 2. The molecule has 4 rings (SSSR count). The van der Waals surface area contributed by atoms with E-state index in [0.717, 1.165) is 22.3 Å². The Hall–Kier alpha value is -3.15. The smallest absolute Gasteiger partial charge is 0.417 e. The molecule has 6 nitrogen and oxygen atoms in total. The van der Waals surface area contributed by atoms with E-state index in [1.807, 2.05) is 48.5 Å². The second-order valence-electron chi connectivity index (χ2n) is 6.44. The lowest BCUT2D eigenvalue weighted by Crippen LogP contribution is -2.48. The zero-order chi connectivity index (χ0) is 18.3. The molecule has 0 bridgehead atoms. The molecular formula is C20H16NO5-. The summed E-state index contributed by atoms with van der Waals surface area (Å²) in [5.41, 5.74) is 4.28. The normalized spacial score (nSPS) is 18.5. The average molecular weight is 350 g/mol. The maximum Gasteiger partial charge on any atom is 0.417 e. The number of hydrogen-bond acceptors (Lipinski definition) is 5. The monoisotopic (exact) mass is 350 g/mol. The Bertz CT molecular complexity index is 861. The van der Waals surface area contributed by atoms with Gasteiger partial charge < -0.3 is 14.6 Å². The van der Waals surface area contributed by atoms with Crippen LogP contribution in [-0.2, 0) is 14.3 Å². The van der Waals surface area contributed by atoms with Crippen molar-refractivity contribution in [1.29, 1.82) is 0 Å². The molecule has 1 fully saturated rings. The fraction of sp³-hybridized carbons (Fsp3) is 0.250. The number of nitrogens with zero attached hydrogens (tertiary/aromatic N) is 1. The third-order valence-corrected chi connectivity index (χ3v) is 5.02. The van der Waals surface area contributed by atoms with Gasteiger partial charge in [-0.1, -0.05) is 48.5 Å². The fourth-order valence-corrected chi connectivity index (χ4v) is 3.80. The lowest BCUT2D eigenvalue weighted by molar-refractivity contribution is -0.310. The number of carboxylic acids is 1. The number of amides is 2. The molecule has 6 heteroatoms. The second-order valence-corrected chi connectivity index (χ2v) is 6.44. The molecule has 0 saturated carbocycles. The third-order valence-electron chi connectivity index (χ3n) is 5.02. The Morgan fingerprint density at radius 3 is 2.19 bits per heavy atom. The molecule has 0 N–H and O–H groups in total. The molecule has 0 aromatic heterocycles. The highest BCUT2D eigenvalue weighted by atomic mass is 16.6. The van der Waals surface area contributed by atoms with E-state index in [0.29, 0.717) is 4.90 Å². The van der Waals surface area contributed by atoms with Crippen LogP contribution < -0.4 is 5.11 Å². The standard InChI is InChI=1S/C20H17NO5/c22-18-10-9-17(19(23)24)21(18)20(25)26-11-16-14-7-3-1-5-12(14)13-6-2-4-8-15(13)16/h1-8,16-17H,9-11H2,(H,23,24)/p-1. The number of carbonyl (C=O) groups excluding carboxylic acids is 3. The van der Waals surface area contributed by atoms with Crippen molar-refractivity contribution in [2.45, 2.75) is 24.8 Å². The van der Waals surface area contributed by atoms with Gasteiger partial charge in [0.1, 0.15) is 6.61 Å². The number of carbonyl (C=O) groups is 3. The molecule has 26 heavy (non-hydrogen) atoms. The van der Waals surface area contributed by atoms with Crippen LogP contribution in [-0.4, -0.2) is 35.5 Å². The van der Waals surface area contributed by atoms with Crippen LogP contribution in [0.2, 0.25) is 0 Å². The van der Waals surface area contributed by atoms with Crippen LogP contribution in [0, 0.1) is 0 Å². The van der Waals surface area contributed by atoms with E-state index in [9.17, 15) is 19.5 Å². The van der Waals surface area contributed by atoms with E-state index in [1.54, 1.807) is 0 Å². The van der Waals surface area contributed by atoms with E-state index < -0.39 is 24.0 Å². The zero-order valence-electron chi connectivity index (χ0n) is 13.9. The number of carboxylic acid groups (broad SMARTS) is 1. The van der Waals surface area contributed by atoms with Crippen LogP contribution in [0.15, 0.2) is 48.5 Å². The summed E-state index contributed by atoms with van der Waals surface area (Å²) >= 11 is 0. The van der Waals surface area contributed by atoms with E-state index in [1.165, 1.54) is 0 Å². The van der Waals surface area contributed by atoms with Gasteiger partial charge in [-0.3, -0.25) is 4.79 Å². The topological polar surface area (TPSA) is 86.7 Å². The minimum atomic E-state index is -1.44. The first kappa shape index (κ1) is 16.3. The van der Waals surface area contributed by atoms with Crippen molar-refractivity contribution in [2.24, 2.45) is 0 Å². The molecule has 2 amide bonds. The molecule has 1 heterocycles. The summed E-state index contributed by atoms with van der Waals surface area (Å²) in [7, 11) is 0. The van der Waals surface area contributed by atoms with Gasteiger partial charge in [0.15, 0.2) is 0 Å².